The normalized spacial score (nSPS) is 7.91. The van der Waals surface area contributed by atoms with Crippen molar-refractivity contribution >= 4 is 18.4 Å². The first-order valence-electron chi connectivity index (χ1n) is 2.42. The highest BCUT2D eigenvalue weighted by atomic mass is 35.5. The first-order chi connectivity index (χ1) is 4.74. The van der Waals surface area contributed by atoms with Crippen LogP contribution < -0.4 is 0 Å². The van der Waals surface area contributed by atoms with Gasteiger partial charge in [0.2, 0.25) is 5.82 Å². The van der Waals surface area contributed by atoms with Gasteiger partial charge < -0.3 is 10.1 Å². The van der Waals surface area contributed by atoms with Gasteiger partial charge in [-0.15, -0.1) is 12.4 Å². The lowest BCUT2D eigenvalue weighted by atomic mass is 10.5. The highest BCUT2D eigenvalue weighted by Gasteiger charge is 2.05. The van der Waals surface area contributed by atoms with Crippen LogP contribution in [0.15, 0.2) is 6.20 Å². The molecule has 11 heavy (non-hydrogen) atoms. The molecule has 0 unspecified atom stereocenters. The number of imidazole rings is 1. The van der Waals surface area contributed by atoms with E-state index < -0.39 is 5.97 Å². The van der Waals surface area contributed by atoms with Crippen LogP contribution in [0, 0.1) is 11.3 Å². The summed E-state index contributed by atoms with van der Waals surface area (Å²) in [6.07, 6.45) is 1.17. The number of carboxylic acid groups (broad SMARTS) is 1. The molecule has 0 aliphatic carbocycles. The molecule has 1 aromatic heterocycles. The summed E-state index contributed by atoms with van der Waals surface area (Å²) < 4.78 is 0. The van der Waals surface area contributed by atoms with E-state index in [1.165, 1.54) is 6.20 Å². The van der Waals surface area contributed by atoms with E-state index in [2.05, 4.69) is 9.97 Å². The summed E-state index contributed by atoms with van der Waals surface area (Å²) in [7, 11) is 0. The van der Waals surface area contributed by atoms with Gasteiger partial charge in [-0.1, -0.05) is 0 Å². The Labute approximate surface area is 68.1 Å². The monoisotopic (exact) mass is 173 g/mol. The molecule has 0 spiro atoms. The van der Waals surface area contributed by atoms with Gasteiger partial charge in [-0.25, -0.2) is 9.78 Å². The van der Waals surface area contributed by atoms with Crippen LogP contribution >= 0.6 is 12.4 Å². The SMILES string of the molecule is Cl.N#Cc1cnc(C(=O)O)[nH]1. The lowest BCUT2D eigenvalue weighted by molar-refractivity contribution is 0.0684. The summed E-state index contributed by atoms with van der Waals surface area (Å²) in [4.78, 5) is 15.8. The molecular formula is C5H4ClN3O2. The van der Waals surface area contributed by atoms with Crippen LogP contribution in [0.25, 0.3) is 0 Å². The predicted molar refractivity (Wildman–Crippen MR) is 37.5 cm³/mol. The number of aromatic carboxylic acids is 1. The minimum Gasteiger partial charge on any atom is -0.475 e. The number of aromatic nitrogens is 2. The van der Waals surface area contributed by atoms with Gasteiger partial charge in [-0.05, 0) is 0 Å². The Morgan fingerprint density at radius 3 is 2.73 bits per heavy atom. The van der Waals surface area contributed by atoms with Crippen molar-refractivity contribution < 1.29 is 9.90 Å². The third-order valence-electron chi connectivity index (χ3n) is 0.899. The van der Waals surface area contributed by atoms with E-state index in [1.807, 2.05) is 0 Å². The van der Waals surface area contributed by atoms with Crippen LogP contribution in [0.2, 0.25) is 0 Å². The van der Waals surface area contributed by atoms with Crippen LogP contribution in [-0.2, 0) is 0 Å². The largest absolute Gasteiger partial charge is 0.475 e. The first-order valence-corrected chi connectivity index (χ1v) is 2.42. The van der Waals surface area contributed by atoms with E-state index in [1.54, 1.807) is 6.07 Å². The summed E-state index contributed by atoms with van der Waals surface area (Å²) >= 11 is 0. The number of H-pyrrole nitrogens is 1. The van der Waals surface area contributed by atoms with Crippen LogP contribution in [0.4, 0.5) is 0 Å². The Bertz CT molecular complexity index is 301. The molecule has 0 amide bonds. The number of nitrogens with one attached hydrogen (secondary N) is 1. The highest BCUT2D eigenvalue weighted by Crippen LogP contribution is 1.93. The van der Waals surface area contributed by atoms with Gasteiger partial charge in [-0.2, -0.15) is 5.26 Å². The molecule has 1 aromatic rings. The highest BCUT2D eigenvalue weighted by molar-refractivity contribution is 5.85. The van der Waals surface area contributed by atoms with Gasteiger partial charge in [0.05, 0.1) is 6.20 Å². The number of nitriles is 1. The van der Waals surface area contributed by atoms with Crippen molar-refractivity contribution in [1.29, 1.82) is 5.26 Å². The summed E-state index contributed by atoms with van der Waals surface area (Å²) in [5, 5.41) is 16.5. The maximum absolute atomic E-state index is 10.1. The second-order valence-electron chi connectivity index (χ2n) is 1.56. The van der Waals surface area contributed by atoms with Crippen LogP contribution in [-0.4, -0.2) is 21.0 Å². The van der Waals surface area contributed by atoms with Crippen molar-refractivity contribution in [3.05, 3.63) is 17.7 Å². The van der Waals surface area contributed by atoms with E-state index in [9.17, 15) is 4.79 Å². The first kappa shape index (κ1) is 9.46. The molecule has 2 N–H and O–H groups in total. The molecule has 0 aliphatic rings. The fraction of sp³-hybridized carbons (Fsp3) is 0. The smallest absolute Gasteiger partial charge is 0.371 e. The Morgan fingerprint density at radius 2 is 2.45 bits per heavy atom. The molecule has 0 radical (unpaired) electrons. The number of hydrogen-bond acceptors (Lipinski definition) is 3. The van der Waals surface area contributed by atoms with Crippen molar-refractivity contribution in [2.45, 2.75) is 0 Å². The molecule has 0 saturated heterocycles. The van der Waals surface area contributed by atoms with Crippen molar-refractivity contribution in [1.82, 2.24) is 9.97 Å². The minimum absolute atomic E-state index is 0. The molecule has 0 atom stereocenters. The topological polar surface area (TPSA) is 89.8 Å². The molecule has 0 aliphatic heterocycles. The minimum atomic E-state index is -1.17. The van der Waals surface area contributed by atoms with Gasteiger partial charge in [-0.3, -0.25) is 0 Å². The molecule has 1 rings (SSSR count). The summed E-state index contributed by atoms with van der Waals surface area (Å²) in [5.74, 6) is -1.38. The molecule has 6 heteroatoms. The summed E-state index contributed by atoms with van der Waals surface area (Å²) in [5.41, 5.74) is 0.150. The van der Waals surface area contributed by atoms with Gasteiger partial charge in [0.25, 0.3) is 0 Å². The third kappa shape index (κ3) is 1.95. The number of aromatic amines is 1. The van der Waals surface area contributed by atoms with E-state index in [0.29, 0.717) is 0 Å². The maximum atomic E-state index is 10.1. The standard InChI is InChI=1S/C5H3N3O2.ClH/c6-1-3-2-7-4(8-3)5(9)10;/h2H,(H,7,8)(H,9,10);1H. The number of rotatable bonds is 1. The molecule has 58 valence electrons. The molecule has 0 aromatic carbocycles. The van der Waals surface area contributed by atoms with Crippen molar-refractivity contribution in [3.63, 3.8) is 0 Å². The van der Waals surface area contributed by atoms with Crippen molar-refractivity contribution in [2.24, 2.45) is 0 Å². The number of carboxylic acids is 1. The van der Waals surface area contributed by atoms with Crippen LogP contribution in [0.5, 0.6) is 0 Å². The zero-order chi connectivity index (χ0) is 7.56. The second-order valence-corrected chi connectivity index (χ2v) is 1.56. The quantitative estimate of drug-likeness (QED) is 0.643. The molecule has 1 heterocycles. The molecule has 0 fully saturated rings. The Morgan fingerprint density at radius 1 is 1.82 bits per heavy atom. The average molecular weight is 174 g/mol. The van der Waals surface area contributed by atoms with Gasteiger partial charge in [0.15, 0.2) is 0 Å². The van der Waals surface area contributed by atoms with Crippen molar-refractivity contribution in [3.8, 4) is 6.07 Å². The zero-order valence-electron chi connectivity index (χ0n) is 5.24. The van der Waals surface area contributed by atoms with E-state index in [0.717, 1.165) is 0 Å². The van der Waals surface area contributed by atoms with E-state index in [4.69, 9.17) is 10.4 Å². The number of carbonyl (C=O) groups is 1. The number of hydrogen-bond donors (Lipinski definition) is 2. The van der Waals surface area contributed by atoms with Gasteiger partial charge in [0, 0.05) is 0 Å². The molecule has 0 bridgehead atoms. The van der Waals surface area contributed by atoms with Crippen LogP contribution in [0.1, 0.15) is 16.3 Å². The summed E-state index contributed by atoms with van der Waals surface area (Å²) in [6.45, 7) is 0. The zero-order valence-corrected chi connectivity index (χ0v) is 6.05. The van der Waals surface area contributed by atoms with E-state index in [-0.39, 0.29) is 23.9 Å². The third-order valence-corrected chi connectivity index (χ3v) is 0.899. The van der Waals surface area contributed by atoms with Crippen molar-refractivity contribution in [2.75, 3.05) is 0 Å². The summed E-state index contributed by atoms with van der Waals surface area (Å²) in [6, 6.07) is 1.72. The van der Waals surface area contributed by atoms with Gasteiger partial charge in [0.1, 0.15) is 11.8 Å². The average Bonchev–Trinajstić information content (AvgIpc) is 2.34. The Kier molecular flexibility index (Phi) is 3.08. The molecular weight excluding hydrogens is 170 g/mol. The molecule has 0 saturated carbocycles. The second kappa shape index (κ2) is 3.58. The fourth-order valence-corrected chi connectivity index (χ4v) is 0.487. The maximum Gasteiger partial charge on any atom is 0.371 e. The lowest BCUT2D eigenvalue weighted by Crippen LogP contribution is -1.98. The Hall–Kier alpha value is -1.54. The van der Waals surface area contributed by atoms with Crippen LogP contribution in [0.3, 0.4) is 0 Å². The lowest BCUT2D eigenvalue weighted by Gasteiger charge is -1.80. The predicted octanol–water partition coefficient (Wildman–Crippen LogP) is 0.401. The fourth-order valence-electron chi connectivity index (χ4n) is 0.487. The number of halogens is 1. The van der Waals surface area contributed by atoms with Gasteiger partial charge >= 0.3 is 5.97 Å². The number of nitrogens with zero attached hydrogens (tertiary/aromatic N) is 2. The van der Waals surface area contributed by atoms with E-state index >= 15 is 0 Å². The molecule has 5 nitrogen and oxygen atoms in total. The Balaban J connectivity index is 0.000001000.